The molecule has 29 heavy (non-hydrogen) atoms. The van der Waals surface area contributed by atoms with Crippen LogP contribution in [0, 0.1) is 0 Å². The molecule has 1 fully saturated rings. The maximum atomic E-state index is 6.02. The Morgan fingerprint density at radius 2 is 1.76 bits per heavy atom. The average Bonchev–Trinajstić information content (AvgIpc) is 2.80. The zero-order valence-electron chi connectivity index (χ0n) is 16.7. The molecular weight excluding hydrogens is 364 g/mol. The molecule has 2 heterocycles. The highest BCUT2D eigenvalue weighted by molar-refractivity contribution is 5.88. The second-order valence-electron chi connectivity index (χ2n) is 6.82. The molecule has 1 saturated heterocycles. The number of nitrogens with zero attached hydrogens (tertiary/aromatic N) is 5. The van der Waals surface area contributed by atoms with Gasteiger partial charge in [0.2, 0.25) is 5.95 Å². The Bertz CT molecular complexity index is 948. The highest BCUT2D eigenvalue weighted by Crippen LogP contribution is 2.24. The summed E-state index contributed by atoms with van der Waals surface area (Å²) >= 11 is 0. The van der Waals surface area contributed by atoms with Gasteiger partial charge in [-0.15, -0.1) is 0 Å². The van der Waals surface area contributed by atoms with Crippen LogP contribution in [-0.4, -0.2) is 67.2 Å². The summed E-state index contributed by atoms with van der Waals surface area (Å²) < 4.78 is 6.02. The van der Waals surface area contributed by atoms with Gasteiger partial charge in [-0.3, -0.25) is 4.99 Å². The Morgan fingerprint density at radius 3 is 2.55 bits per heavy atom. The normalized spacial score (nSPS) is 14.9. The first-order valence-electron chi connectivity index (χ1n) is 9.93. The molecule has 1 aliphatic heterocycles. The van der Waals surface area contributed by atoms with Crippen molar-refractivity contribution in [2.75, 3.05) is 51.3 Å². The second kappa shape index (κ2) is 9.23. The van der Waals surface area contributed by atoms with Gasteiger partial charge in [0.25, 0.3) is 0 Å². The monoisotopic (exact) mass is 390 g/mol. The lowest BCUT2D eigenvalue weighted by Crippen LogP contribution is -2.53. The SMILES string of the molecule is CN=C(NCCOc1cccc2ccccc12)N1CCN(c2ncccn2)CC1. The van der Waals surface area contributed by atoms with E-state index >= 15 is 0 Å². The van der Waals surface area contributed by atoms with Gasteiger partial charge in [0.15, 0.2) is 5.96 Å². The fourth-order valence-electron chi connectivity index (χ4n) is 3.55. The van der Waals surface area contributed by atoms with Crippen LogP contribution in [0.15, 0.2) is 65.9 Å². The van der Waals surface area contributed by atoms with Crippen molar-refractivity contribution in [1.82, 2.24) is 20.2 Å². The fraction of sp³-hybridized carbons (Fsp3) is 0.318. The van der Waals surface area contributed by atoms with Crippen molar-refractivity contribution in [3.63, 3.8) is 0 Å². The number of hydrogen-bond acceptors (Lipinski definition) is 5. The number of aromatic nitrogens is 2. The molecule has 4 rings (SSSR count). The largest absolute Gasteiger partial charge is 0.491 e. The molecular formula is C22H26N6O. The van der Waals surface area contributed by atoms with E-state index < -0.39 is 0 Å². The molecule has 0 spiro atoms. The molecule has 0 saturated carbocycles. The number of rotatable bonds is 5. The number of anilines is 1. The minimum Gasteiger partial charge on any atom is -0.491 e. The van der Waals surface area contributed by atoms with E-state index in [-0.39, 0.29) is 0 Å². The van der Waals surface area contributed by atoms with E-state index in [0.717, 1.165) is 49.2 Å². The van der Waals surface area contributed by atoms with Crippen molar-refractivity contribution in [2.24, 2.45) is 4.99 Å². The molecule has 7 nitrogen and oxygen atoms in total. The van der Waals surface area contributed by atoms with E-state index in [1.165, 1.54) is 5.39 Å². The molecule has 0 unspecified atom stereocenters. The van der Waals surface area contributed by atoms with E-state index in [0.29, 0.717) is 13.2 Å². The lowest BCUT2D eigenvalue weighted by Gasteiger charge is -2.36. The summed E-state index contributed by atoms with van der Waals surface area (Å²) in [6.07, 6.45) is 3.57. The van der Waals surface area contributed by atoms with Crippen molar-refractivity contribution < 1.29 is 4.74 Å². The first-order valence-corrected chi connectivity index (χ1v) is 9.93. The lowest BCUT2D eigenvalue weighted by molar-refractivity contribution is 0.318. The Balaban J connectivity index is 1.26. The number of ether oxygens (including phenoxy) is 1. The number of guanidine groups is 1. The number of benzene rings is 2. The summed E-state index contributed by atoms with van der Waals surface area (Å²) in [5.74, 6) is 2.61. The zero-order valence-corrected chi connectivity index (χ0v) is 16.7. The summed E-state index contributed by atoms with van der Waals surface area (Å²) in [6.45, 7) is 4.77. The first kappa shape index (κ1) is 19.0. The van der Waals surface area contributed by atoms with Crippen LogP contribution in [0.2, 0.25) is 0 Å². The van der Waals surface area contributed by atoms with Crippen LogP contribution in [0.25, 0.3) is 10.8 Å². The summed E-state index contributed by atoms with van der Waals surface area (Å²) in [5, 5.41) is 5.74. The van der Waals surface area contributed by atoms with Gasteiger partial charge in [-0.1, -0.05) is 36.4 Å². The van der Waals surface area contributed by atoms with E-state index in [1.54, 1.807) is 12.4 Å². The number of aliphatic imine (C=N–C) groups is 1. The van der Waals surface area contributed by atoms with Gasteiger partial charge in [-0.05, 0) is 17.5 Å². The predicted octanol–water partition coefficient (Wildman–Crippen LogP) is 2.41. The molecule has 0 aliphatic carbocycles. The molecule has 1 aliphatic rings. The Morgan fingerprint density at radius 1 is 1.00 bits per heavy atom. The minimum absolute atomic E-state index is 0.574. The number of nitrogens with one attached hydrogen (secondary N) is 1. The van der Waals surface area contributed by atoms with Crippen molar-refractivity contribution in [2.45, 2.75) is 0 Å². The minimum atomic E-state index is 0.574. The molecule has 0 bridgehead atoms. The van der Waals surface area contributed by atoms with Crippen molar-refractivity contribution in [1.29, 1.82) is 0 Å². The second-order valence-corrected chi connectivity index (χ2v) is 6.82. The standard InChI is InChI=1S/C22H26N6O/c1-23-21(27-13-15-28(16-14-27)22-24-10-5-11-25-22)26-12-17-29-20-9-4-7-18-6-2-3-8-19(18)20/h2-11H,12-17H2,1H3,(H,23,26). The Kier molecular flexibility index (Phi) is 6.04. The summed E-state index contributed by atoms with van der Waals surface area (Å²) in [7, 11) is 1.82. The highest BCUT2D eigenvalue weighted by atomic mass is 16.5. The van der Waals surface area contributed by atoms with Gasteiger partial charge in [-0.25, -0.2) is 9.97 Å². The van der Waals surface area contributed by atoms with Crippen LogP contribution in [-0.2, 0) is 0 Å². The zero-order chi connectivity index (χ0) is 19.9. The molecule has 0 radical (unpaired) electrons. The van der Waals surface area contributed by atoms with Crippen LogP contribution in [0.1, 0.15) is 0 Å². The third-order valence-electron chi connectivity index (χ3n) is 5.02. The highest BCUT2D eigenvalue weighted by Gasteiger charge is 2.20. The fourth-order valence-corrected chi connectivity index (χ4v) is 3.55. The van der Waals surface area contributed by atoms with Crippen molar-refractivity contribution >= 4 is 22.7 Å². The maximum absolute atomic E-state index is 6.02. The molecule has 150 valence electrons. The quantitative estimate of drug-likeness (QED) is 0.410. The van der Waals surface area contributed by atoms with Gasteiger partial charge in [0, 0.05) is 51.0 Å². The maximum Gasteiger partial charge on any atom is 0.225 e. The molecule has 1 N–H and O–H groups in total. The van der Waals surface area contributed by atoms with Gasteiger partial charge in [-0.2, -0.15) is 0 Å². The molecule has 7 heteroatoms. The van der Waals surface area contributed by atoms with E-state index in [2.05, 4.69) is 48.3 Å². The predicted molar refractivity (Wildman–Crippen MR) is 117 cm³/mol. The Hall–Kier alpha value is -3.35. The van der Waals surface area contributed by atoms with Crippen molar-refractivity contribution in [3.8, 4) is 5.75 Å². The van der Waals surface area contributed by atoms with E-state index in [1.807, 2.05) is 37.4 Å². The summed E-state index contributed by atoms with van der Waals surface area (Å²) in [6, 6.07) is 16.3. The summed E-state index contributed by atoms with van der Waals surface area (Å²) in [4.78, 5) is 17.6. The number of piperazine rings is 1. The van der Waals surface area contributed by atoms with Crippen LogP contribution in [0.5, 0.6) is 5.75 Å². The number of fused-ring (bicyclic) bond motifs is 1. The van der Waals surface area contributed by atoms with Crippen LogP contribution in [0.4, 0.5) is 5.95 Å². The van der Waals surface area contributed by atoms with Crippen LogP contribution >= 0.6 is 0 Å². The van der Waals surface area contributed by atoms with Crippen molar-refractivity contribution in [3.05, 3.63) is 60.9 Å². The topological polar surface area (TPSA) is 65.9 Å². The lowest BCUT2D eigenvalue weighted by atomic mass is 10.1. The van der Waals surface area contributed by atoms with Gasteiger partial charge in [0.05, 0.1) is 6.54 Å². The molecule has 2 aromatic carbocycles. The van der Waals surface area contributed by atoms with Crippen LogP contribution in [0.3, 0.4) is 0 Å². The van der Waals surface area contributed by atoms with E-state index in [4.69, 9.17) is 4.74 Å². The Labute approximate surface area is 171 Å². The molecule has 1 aromatic heterocycles. The van der Waals surface area contributed by atoms with Gasteiger partial charge >= 0.3 is 0 Å². The third-order valence-corrected chi connectivity index (χ3v) is 5.02. The average molecular weight is 390 g/mol. The van der Waals surface area contributed by atoms with Gasteiger partial charge in [0.1, 0.15) is 12.4 Å². The first-order chi connectivity index (χ1) is 14.3. The smallest absolute Gasteiger partial charge is 0.225 e. The third kappa shape index (κ3) is 4.56. The number of hydrogen-bond donors (Lipinski definition) is 1. The molecule has 3 aromatic rings. The van der Waals surface area contributed by atoms with Crippen LogP contribution < -0.4 is 15.0 Å². The van der Waals surface area contributed by atoms with E-state index in [9.17, 15) is 0 Å². The summed E-state index contributed by atoms with van der Waals surface area (Å²) in [5.41, 5.74) is 0. The van der Waals surface area contributed by atoms with Gasteiger partial charge < -0.3 is 19.9 Å². The molecule has 0 amide bonds. The molecule has 0 atom stereocenters.